The second-order valence-corrected chi connectivity index (χ2v) is 12.6. The van der Waals surface area contributed by atoms with Crippen LogP contribution >= 0.6 is 0 Å². The van der Waals surface area contributed by atoms with E-state index < -0.39 is 10.0 Å². The summed E-state index contributed by atoms with van der Waals surface area (Å²) < 4.78 is 58.2. The van der Waals surface area contributed by atoms with Gasteiger partial charge in [0.25, 0.3) is 10.0 Å². The lowest BCUT2D eigenvalue weighted by atomic mass is 10.1. The number of H-pyrrole nitrogens is 1. The highest BCUT2D eigenvalue weighted by Crippen LogP contribution is 2.43. The summed E-state index contributed by atoms with van der Waals surface area (Å²) in [6, 6.07) is 15.0. The molecule has 13 nitrogen and oxygen atoms in total. The van der Waals surface area contributed by atoms with Crippen LogP contribution in [-0.4, -0.2) is 58.0 Å². The van der Waals surface area contributed by atoms with Gasteiger partial charge in [0.15, 0.2) is 27.9 Å². The molecule has 0 saturated heterocycles. The van der Waals surface area contributed by atoms with Crippen molar-refractivity contribution in [2.75, 3.05) is 38.1 Å². The van der Waals surface area contributed by atoms with Gasteiger partial charge in [-0.05, 0) is 55.7 Å². The molecule has 0 radical (unpaired) electrons. The van der Waals surface area contributed by atoms with Gasteiger partial charge in [0.1, 0.15) is 23.0 Å². The van der Waals surface area contributed by atoms with E-state index in [1.165, 1.54) is 40.4 Å². The molecule has 1 saturated carbocycles. The fourth-order valence-corrected chi connectivity index (χ4v) is 6.85. The molecule has 3 aromatic carbocycles. The van der Waals surface area contributed by atoms with Crippen LogP contribution in [0.5, 0.6) is 23.0 Å². The van der Waals surface area contributed by atoms with E-state index in [9.17, 15) is 13.2 Å². The zero-order chi connectivity index (χ0) is 32.6. The van der Waals surface area contributed by atoms with Gasteiger partial charge in [-0.15, -0.1) is 0 Å². The number of nitrogens with zero attached hydrogens (tertiary/aromatic N) is 3. The third-order valence-electron chi connectivity index (χ3n) is 7.79. The van der Waals surface area contributed by atoms with Crippen molar-refractivity contribution in [1.82, 2.24) is 15.4 Å². The Bertz CT molecular complexity index is 1990. The standard InChI is InChI=1S/C32H33N5O8S/c1-18(38)21-12-28(43-4)31(29(13-21)44-5)46(39,40)37(17-19-6-10-22(41-2)11-7-19)32-23-14-27(42-3)25(15-26(23)45-36-32)33-30-16-24(34-35-30)20-8-9-20/h6-7,10-16,20H,8-9,17H2,1-5H3,(H2,33,34,35). The summed E-state index contributed by atoms with van der Waals surface area (Å²) in [5.41, 5.74) is 2.78. The zero-order valence-electron chi connectivity index (χ0n) is 25.9. The molecule has 0 aliphatic heterocycles. The molecule has 2 N–H and O–H groups in total. The minimum Gasteiger partial charge on any atom is -0.497 e. The summed E-state index contributed by atoms with van der Waals surface area (Å²) in [6.07, 6.45) is 2.26. The van der Waals surface area contributed by atoms with Crippen LogP contribution in [0.25, 0.3) is 11.0 Å². The molecule has 1 aliphatic rings. The van der Waals surface area contributed by atoms with Crippen molar-refractivity contribution in [1.29, 1.82) is 0 Å². The van der Waals surface area contributed by atoms with Crippen molar-refractivity contribution in [2.45, 2.75) is 37.1 Å². The number of Topliss-reactive ketones (excluding diaryl/α,β-unsaturated/α-hetero) is 1. The largest absolute Gasteiger partial charge is 0.497 e. The predicted octanol–water partition coefficient (Wildman–Crippen LogP) is 5.80. The molecular formula is C32H33N5O8S. The summed E-state index contributed by atoms with van der Waals surface area (Å²) in [5, 5.41) is 15.3. The van der Waals surface area contributed by atoms with E-state index in [0.29, 0.717) is 45.5 Å². The Balaban J connectivity index is 1.48. The number of methoxy groups -OCH3 is 4. The number of aromatic amines is 1. The Morgan fingerprint density at radius 3 is 2.22 bits per heavy atom. The average Bonchev–Trinajstić information content (AvgIpc) is 3.68. The Morgan fingerprint density at radius 2 is 1.63 bits per heavy atom. The fourth-order valence-electron chi connectivity index (χ4n) is 5.16. The van der Waals surface area contributed by atoms with Crippen LogP contribution in [0.2, 0.25) is 0 Å². The molecule has 0 amide bonds. The number of sulfonamides is 1. The van der Waals surface area contributed by atoms with Gasteiger partial charge in [-0.2, -0.15) is 5.10 Å². The van der Waals surface area contributed by atoms with E-state index in [1.54, 1.807) is 43.5 Å². The van der Waals surface area contributed by atoms with Crippen LogP contribution in [0.15, 0.2) is 64.0 Å². The number of anilines is 3. The number of hydrogen-bond donors (Lipinski definition) is 2. The Labute approximate surface area is 265 Å². The van der Waals surface area contributed by atoms with E-state index in [4.69, 9.17) is 23.5 Å². The Kier molecular flexibility index (Phi) is 8.21. The number of hydrogen-bond acceptors (Lipinski definition) is 11. The highest BCUT2D eigenvalue weighted by molar-refractivity contribution is 7.93. The zero-order valence-corrected chi connectivity index (χ0v) is 26.7. The first-order valence-corrected chi connectivity index (χ1v) is 15.8. The van der Waals surface area contributed by atoms with Gasteiger partial charge in [-0.1, -0.05) is 17.3 Å². The maximum absolute atomic E-state index is 14.7. The lowest BCUT2D eigenvalue weighted by molar-refractivity contribution is 0.101. The quantitative estimate of drug-likeness (QED) is 0.149. The van der Waals surface area contributed by atoms with Crippen molar-refractivity contribution >= 4 is 44.1 Å². The van der Waals surface area contributed by atoms with Crippen LogP contribution in [0.4, 0.5) is 17.3 Å². The molecule has 2 heterocycles. The second-order valence-electron chi connectivity index (χ2n) is 10.8. The van der Waals surface area contributed by atoms with Crippen molar-refractivity contribution in [3.63, 3.8) is 0 Å². The van der Waals surface area contributed by atoms with Crippen LogP contribution in [0, 0.1) is 0 Å². The van der Waals surface area contributed by atoms with Gasteiger partial charge >= 0.3 is 0 Å². The van der Waals surface area contributed by atoms with Gasteiger partial charge in [0, 0.05) is 29.3 Å². The second kappa shape index (κ2) is 12.3. The topological polar surface area (TPSA) is 158 Å². The van der Waals surface area contributed by atoms with Crippen LogP contribution in [0.3, 0.4) is 0 Å². The van der Waals surface area contributed by atoms with Gasteiger partial charge in [-0.3, -0.25) is 9.89 Å². The van der Waals surface area contributed by atoms with Crippen LogP contribution < -0.4 is 28.6 Å². The molecule has 240 valence electrons. The van der Waals surface area contributed by atoms with E-state index in [1.807, 2.05) is 6.07 Å². The highest BCUT2D eigenvalue weighted by atomic mass is 32.2. The molecular weight excluding hydrogens is 614 g/mol. The number of carbonyl (C=O) groups is 1. The van der Waals surface area contributed by atoms with Crippen molar-refractivity contribution in [3.05, 3.63) is 71.4 Å². The Morgan fingerprint density at radius 1 is 0.957 bits per heavy atom. The van der Waals surface area contributed by atoms with Gasteiger partial charge < -0.3 is 28.8 Å². The van der Waals surface area contributed by atoms with E-state index >= 15 is 0 Å². The van der Waals surface area contributed by atoms with E-state index in [0.717, 1.165) is 22.8 Å². The lowest BCUT2D eigenvalue weighted by Crippen LogP contribution is -2.31. The number of aromatic nitrogens is 3. The molecule has 0 spiro atoms. The number of benzene rings is 3. The van der Waals surface area contributed by atoms with Crippen molar-refractivity contribution < 1.29 is 36.7 Å². The SMILES string of the molecule is COc1ccc(CN(c2noc3cc(Nc4cc(C5CC5)[nH]n4)c(OC)cc23)S(=O)(=O)c2c(OC)cc(C(C)=O)cc2OC)cc1. The molecule has 1 fully saturated rings. The molecule has 6 rings (SSSR count). The smallest absolute Gasteiger partial charge is 0.273 e. The molecule has 14 heteroatoms. The summed E-state index contributed by atoms with van der Waals surface area (Å²) >= 11 is 0. The van der Waals surface area contributed by atoms with Gasteiger partial charge in [0.05, 0.1) is 46.1 Å². The van der Waals surface area contributed by atoms with E-state index in [2.05, 4.69) is 20.7 Å². The number of ketones is 1. The van der Waals surface area contributed by atoms with Crippen LogP contribution in [0.1, 0.15) is 47.3 Å². The van der Waals surface area contributed by atoms with Gasteiger partial charge in [-0.25, -0.2) is 12.7 Å². The van der Waals surface area contributed by atoms with Crippen molar-refractivity contribution in [3.8, 4) is 23.0 Å². The molecule has 0 atom stereocenters. The van der Waals surface area contributed by atoms with Crippen LogP contribution in [-0.2, 0) is 16.6 Å². The highest BCUT2D eigenvalue weighted by Gasteiger charge is 2.36. The monoisotopic (exact) mass is 647 g/mol. The van der Waals surface area contributed by atoms with Crippen molar-refractivity contribution in [2.24, 2.45) is 0 Å². The molecule has 46 heavy (non-hydrogen) atoms. The molecule has 5 aromatic rings. The number of ether oxygens (including phenoxy) is 4. The first kappa shape index (κ1) is 30.8. The molecule has 1 aliphatic carbocycles. The maximum atomic E-state index is 14.7. The number of carbonyl (C=O) groups excluding carboxylic acids is 1. The number of nitrogens with one attached hydrogen (secondary N) is 2. The summed E-state index contributed by atoms with van der Waals surface area (Å²) in [6.45, 7) is 1.23. The maximum Gasteiger partial charge on any atom is 0.273 e. The fraction of sp³-hybridized carbons (Fsp3) is 0.281. The third-order valence-corrected chi connectivity index (χ3v) is 9.59. The summed E-state index contributed by atoms with van der Waals surface area (Å²) in [4.78, 5) is 11.9. The first-order chi connectivity index (χ1) is 22.2. The summed E-state index contributed by atoms with van der Waals surface area (Å²) in [5.74, 6) is 1.72. The molecule has 0 unspecified atom stereocenters. The van der Waals surface area contributed by atoms with Gasteiger partial charge in [0.2, 0.25) is 0 Å². The Hall–Kier alpha value is -5.24. The number of fused-ring (bicyclic) bond motifs is 1. The number of rotatable bonds is 13. The third kappa shape index (κ3) is 5.78. The average molecular weight is 648 g/mol. The lowest BCUT2D eigenvalue weighted by Gasteiger charge is -2.25. The normalized spacial score (nSPS) is 13.0. The first-order valence-electron chi connectivity index (χ1n) is 14.4. The van der Waals surface area contributed by atoms with E-state index in [-0.39, 0.29) is 40.1 Å². The molecule has 2 aromatic heterocycles. The molecule has 0 bridgehead atoms. The minimum absolute atomic E-state index is 0.00575. The predicted molar refractivity (Wildman–Crippen MR) is 170 cm³/mol. The minimum atomic E-state index is -4.49. The summed E-state index contributed by atoms with van der Waals surface area (Å²) in [7, 11) is 1.22.